The number of fused-ring (bicyclic) bond motifs is 6. The van der Waals surface area contributed by atoms with Crippen molar-refractivity contribution >= 4 is 54.3 Å². The van der Waals surface area contributed by atoms with Crippen molar-refractivity contribution in [2.75, 3.05) is 0 Å². The molecule has 256 valence electrons. The molecule has 0 amide bonds. The van der Waals surface area contributed by atoms with Gasteiger partial charge >= 0.3 is 0 Å². The first-order chi connectivity index (χ1) is 27.2. The van der Waals surface area contributed by atoms with E-state index in [0.29, 0.717) is 17.5 Å². The highest BCUT2D eigenvalue weighted by Crippen LogP contribution is 2.42. The molecule has 11 rings (SSSR count). The highest BCUT2D eigenvalue weighted by molar-refractivity contribution is 6.18. The molecule has 4 heteroatoms. The predicted octanol–water partition coefficient (Wildman–Crippen LogP) is 13.6. The van der Waals surface area contributed by atoms with Gasteiger partial charge in [0, 0.05) is 33.0 Å². The minimum Gasteiger partial charge on any atom is -0.455 e. The molecule has 0 atom stereocenters. The summed E-state index contributed by atoms with van der Waals surface area (Å²) in [6.45, 7) is 0. The Bertz CT molecular complexity index is 3260. The van der Waals surface area contributed by atoms with E-state index in [2.05, 4.69) is 176 Å². The molecule has 0 spiro atoms. The monoisotopic (exact) mass is 701 g/mol. The summed E-state index contributed by atoms with van der Waals surface area (Å²) in [5, 5.41) is 9.05. The molecule has 0 aliphatic carbocycles. The molecule has 0 aliphatic rings. The number of benzene rings is 9. The fraction of sp³-hybridized carbons (Fsp3) is 0. The Morgan fingerprint density at radius 3 is 1.51 bits per heavy atom. The van der Waals surface area contributed by atoms with E-state index in [0.717, 1.165) is 71.3 Å². The molecule has 0 saturated heterocycles. The summed E-state index contributed by atoms with van der Waals surface area (Å²) >= 11 is 0. The summed E-state index contributed by atoms with van der Waals surface area (Å²) in [5.74, 6) is 1.82. The third-order valence-corrected chi connectivity index (χ3v) is 10.7. The summed E-state index contributed by atoms with van der Waals surface area (Å²) in [6.07, 6.45) is 0. The minimum absolute atomic E-state index is 0.585. The molecular weight excluding hydrogens is 671 g/mol. The third kappa shape index (κ3) is 5.43. The van der Waals surface area contributed by atoms with Gasteiger partial charge in [0.15, 0.2) is 17.5 Å². The molecule has 0 N–H and O–H groups in total. The van der Waals surface area contributed by atoms with Gasteiger partial charge in [-0.1, -0.05) is 152 Å². The molecule has 0 aliphatic heterocycles. The normalized spacial score (nSPS) is 11.6. The van der Waals surface area contributed by atoms with Crippen LogP contribution in [-0.4, -0.2) is 15.0 Å². The Morgan fingerprint density at radius 1 is 0.291 bits per heavy atom. The lowest BCUT2D eigenvalue weighted by Crippen LogP contribution is -2.00. The molecule has 11 aromatic rings. The molecule has 0 unspecified atom stereocenters. The molecular formula is C51H31N3O. The van der Waals surface area contributed by atoms with Crippen molar-refractivity contribution in [3.63, 3.8) is 0 Å². The summed E-state index contributed by atoms with van der Waals surface area (Å²) < 4.78 is 6.81. The summed E-state index contributed by atoms with van der Waals surface area (Å²) in [5.41, 5.74) is 8.94. The number of furan rings is 1. The number of nitrogens with zero attached hydrogens (tertiary/aromatic N) is 3. The molecule has 2 heterocycles. The van der Waals surface area contributed by atoms with Crippen LogP contribution in [0.15, 0.2) is 192 Å². The van der Waals surface area contributed by atoms with Gasteiger partial charge in [0.1, 0.15) is 11.2 Å². The van der Waals surface area contributed by atoms with Gasteiger partial charge in [0.25, 0.3) is 0 Å². The van der Waals surface area contributed by atoms with Gasteiger partial charge in [-0.15, -0.1) is 0 Å². The van der Waals surface area contributed by atoms with Crippen molar-refractivity contribution in [2.24, 2.45) is 0 Å². The van der Waals surface area contributed by atoms with Crippen molar-refractivity contribution in [3.05, 3.63) is 188 Å². The van der Waals surface area contributed by atoms with Crippen LogP contribution in [-0.2, 0) is 0 Å². The Hall–Kier alpha value is -7.43. The Labute approximate surface area is 317 Å². The standard InChI is InChI=1S/C51H31N3O/c1-3-11-32(12-4-1)37-22-19-34-21-24-40(29-42(34)28-37)50-52-49(39-23-20-33-13-7-8-16-36(33)27-39)53-51(54-50)41-25-26-44-45-30-38-17-9-10-18-43(38)47(35-14-5-2-6-15-35)48(45)55-46(44)31-41/h1-31H. The molecule has 0 bridgehead atoms. The second kappa shape index (κ2) is 12.6. The first-order valence-corrected chi connectivity index (χ1v) is 18.5. The van der Waals surface area contributed by atoms with Crippen LogP contribution in [0.4, 0.5) is 0 Å². The van der Waals surface area contributed by atoms with Crippen LogP contribution < -0.4 is 0 Å². The van der Waals surface area contributed by atoms with Crippen LogP contribution in [0.2, 0.25) is 0 Å². The van der Waals surface area contributed by atoms with E-state index in [9.17, 15) is 0 Å². The Balaban J connectivity index is 1.10. The average Bonchev–Trinajstić information content (AvgIpc) is 3.62. The summed E-state index contributed by atoms with van der Waals surface area (Å²) in [7, 11) is 0. The highest BCUT2D eigenvalue weighted by Gasteiger charge is 2.19. The van der Waals surface area contributed by atoms with Crippen LogP contribution in [0.1, 0.15) is 0 Å². The molecule has 2 aromatic heterocycles. The largest absolute Gasteiger partial charge is 0.455 e. The van der Waals surface area contributed by atoms with Crippen LogP contribution >= 0.6 is 0 Å². The number of hydrogen-bond donors (Lipinski definition) is 0. The topological polar surface area (TPSA) is 51.8 Å². The van der Waals surface area contributed by atoms with Crippen molar-refractivity contribution in [1.29, 1.82) is 0 Å². The first kappa shape index (κ1) is 31.1. The molecule has 0 saturated carbocycles. The molecule has 55 heavy (non-hydrogen) atoms. The number of hydrogen-bond acceptors (Lipinski definition) is 4. The quantitative estimate of drug-likeness (QED) is 0.179. The SMILES string of the molecule is c1ccc(-c2ccc3ccc(-c4nc(-c5ccc6ccccc6c5)nc(-c5ccc6c(c5)oc5c(-c7ccccc7)c7ccccc7cc56)n4)cc3c2)cc1. The lowest BCUT2D eigenvalue weighted by Gasteiger charge is -2.10. The van der Waals surface area contributed by atoms with Crippen LogP contribution in [0.25, 0.3) is 111 Å². The average molecular weight is 702 g/mol. The first-order valence-electron chi connectivity index (χ1n) is 18.5. The van der Waals surface area contributed by atoms with E-state index in [1.807, 2.05) is 12.1 Å². The smallest absolute Gasteiger partial charge is 0.164 e. The highest BCUT2D eigenvalue weighted by atomic mass is 16.3. The Kier molecular flexibility index (Phi) is 7.14. The second-order valence-corrected chi connectivity index (χ2v) is 14.0. The maximum atomic E-state index is 6.81. The number of rotatable bonds is 5. The van der Waals surface area contributed by atoms with Gasteiger partial charge in [-0.3, -0.25) is 0 Å². The van der Waals surface area contributed by atoms with Crippen molar-refractivity contribution in [2.45, 2.75) is 0 Å². The third-order valence-electron chi connectivity index (χ3n) is 10.7. The maximum absolute atomic E-state index is 6.81. The number of aromatic nitrogens is 3. The maximum Gasteiger partial charge on any atom is 0.164 e. The van der Waals surface area contributed by atoms with E-state index in [4.69, 9.17) is 19.4 Å². The van der Waals surface area contributed by atoms with E-state index < -0.39 is 0 Å². The van der Waals surface area contributed by atoms with Gasteiger partial charge in [0.05, 0.1) is 0 Å². The minimum atomic E-state index is 0.585. The fourth-order valence-corrected chi connectivity index (χ4v) is 7.89. The van der Waals surface area contributed by atoms with Gasteiger partial charge in [-0.25, -0.2) is 15.0 Å². The van der Waals surface area contributed by atoms with E-state index in [1.165, 1.54) is 21.9 Å². The zero-order valence-corrected chi connectivity index (χ0v) is 29.6. The Morgan fingerprint density at radius 2 is 0.800 bits per heavy atom. The fourth-order valence-electron chi connectivity index (χ4n) is 7.89. The van der Waals surface area contributed by atoms with Gasteiger partial charge in [-0.2, -0.15) is 0 Å². The predicted molar refractivity (Wildman–Crippen MR) is 227 cm³/mol. The summed E-state index contributed by atoms with van der Waals surface area (Å²) in [4.78, 5) is 15.4. The van der Waals surface area contributed by atoms with Crippen LogP contribution in [0.3, 0.4) is 0 Å². The van der Waals surface area contributed by atoms with Gasteiger partial charge < -0.3 is 4.42 Å². The molecule has 9 aromatic carbocycles. The van der Waals surface area contributed by atoms with E-state index >= 15 is 0 Å². The molecule has 0 radical (unpaired) electrons. The molecule has 4 nitrogen and oxygen atoms in total. The van der Waals surface area contributed by atoms with Crippen LogP contribution in [0.5, 0.6) is 0 Å². The van der Waals surface area contributed by atoms with Crippen molar-refractivity contribution in [3.8, 4) is 56.4 Å². The van der Waals surface area contributed by atoms with Gasteiger partial charge in [0.2, 0.25) is 0 Å². The van der Waals surface area contributed by atoms with E-state index in [-0.39, 0.29) is 0 Å². The lowest BCUT2D eigenvalue weighted by molar-refractivity contribution is 0.670. The van der Waals surface area contributed by atoms with Crippen molar-refractivity contribution < 1.29 is 4.42 Å². The zero-order chi connectivity index (χ0) is 36.3. The molecule has 0 fully saturated rings. The van der Waals surface area contributed by atoms with E-state index in [1.54, 1.807) is 0 Å². The lowest BCUT2D eigenvalue weighted by atomic mass is 9.95. The zero-order valence-electron chi connectivity index (χ0n) is 29.6. The van der Waals surface area contributed by atoms with Gasteiger partial charge in [-0.05, 0) is 85.4 Å². The van der Waals surface area contributed by atoms with Crippen LogP contribution in [0, 0.1) is 0 Å². The summed E-state index contributed by atoms with van der Waals surface area (Å²) in [6, 6.07) is 65.8. The second-order valence-electron chi connectivity index (χ2n) is 14.0. The van der Waals surface area contributed by atoms with Crippen molar-refractivity contribution in [1.82, 2.24) is 15.0 Å².